The molecule has 0 radical (unpaired) electrons. The van der Waals surface area contributed by atoms with E-state index in [0.717, 1.165) is 11.3 Å². The molecule has 1 unspecified atom stereocenters. The zero-order chi connectivity index (χ0) is 23.7. The number of carbonyl (C=O) groups is 2. The van der Waals surface area contributed by atoms with Crippen LogP contribution in [0.2, 0.25) is 0 Å². The topological polar surface area (TPSA) is 147 Å². The van der Waals surface area contributed by atoms with Gasteiger partial charge in [-0.05, 0) is 18.1 Å². The second-order valence-corrected chi connectivity index (χ2v) is 9.75. The maximum atomic E-state index is 12.9. The Hall–Kier alpha value is -2.96. The third-order valence-corrected chi connectivity index (χ3v) is 7.82. The standard InChI is InChI=1S/C21H22N4O6S2/c1-3-10(11-6-4-5-7-12(11)18(27)28)19-31-17(13(32-19)8-15(26)30-2)25-16-14(33-21(25)29)9-23-20(22)24-16/h4-7,9-10,13,17,19H,3,8H2,1-2H3,(H,27,28)(H2,22,23,24)/t10?,13-,17+,19-/m0/s1. The van der Waals surface area contributed by atoms with Crippen LogP contribution in [0.5, 0.6) is 0 Å². The summed E-state index contributed by atoms with van der Waals surface area (Å²) >= 11 is 2.35. The third kappa shape index (κ3) is 4.45. The third-order valence-electron chi connectivity index (χ3n) is 5.49. The minimum atomic E-state index is -1.03. The van der Waals surface area contributed by atoms with Crippen LogP contribution in [0.15, 0.2) is 35.3 Å². The molecular weight excluding hydrogens is 468 g/mol. The van der Waals surface area contributed by atoms with Gasteiger partial charge < -0.3 is 20.3 Å². The van der Waals surface area contributed by atoms with Crippen LogP contribution in [0.4, 0.5) is 5.95 Å². The summed E-state index contributed by atoms with van der Waals surface area (Å²) in [6.45, 7) is 1.94. The average Bonchev–Trinajstić information content (AvgIpc) is 3.33. The number of carboxylic acids is 1. The van der Waals surface area contributed by atoms with Crippen molar-refractivity contribution in [1.82, 2.24) is 14.5 Å². The summed E-state index contributed by atoms with van der Waals surface area (Å²) in [5.41, 5.74) is 6.40. The van der Waals surface area contributed by atoms with Crippen molar-refractivity contribution in [1.29, 1.82) is 0 Å². The van der Waals surface area contributed by atoms with E-state index in [2.05, 4.69) is 9.97 Å². The number of nitrogens with two attached hydrogens (primary N) is 1. The monoisotopic (exact) mass is 490 g/mol. The van der Waals surface area contributed by atoms with E-state index in [1.165, 1.54) is 29.6 Å². The quantitative estimate of drug-likeness (QED) is 0.474. The molecule has 174 valence electrons. The fourth-order valence-electron chi connectivity index (χ4n) is 3.96. The minimum Gasteiger partial charge on any atom is -0.478 e. The number of methoxy groups -OCH3 is 1. The number of esters is 1. The molecule has 0 saturated carbocycles. The van der Waals surface area contributed by atoms with Crippen LogP contribution in [0.1, 0.15) is 47.8 Å². The highest BCUT2D eigenvalue weighted by Gasteiger charge is 2.44. The van der Waals surface area contributed by atoms with Crippen LogP contribution in [0.3, 0.4) is 0 Å². The molecule has 3 heterocycles. The highest BCUT2D eigenvalue weighted by atomic mass is 32.2. The number of aromatic carboxylic acids is 1. The molecule has 4 atom stereocenters. The van der Waals surface area contributed by atoms with Gasteiger partial charge in [-0.2, -0.15) is 4.98 Å². The Labute approximate surface area is 196 Å². The van der Waals surface area contributed by atoms with Gasteiger partial charge in [-0.15, -0.1) is 11.8 Å². The first-order valence-electron chi connectivity index (χ1n) is 10.2. The largest absolute Gasteiger partial charge is 0.478 e. The smallest absolute Gasteiger partial charge is 0.335 e. The van der Waals surface area contributed by atoms with Gasteiger partial charge in [0, 0.05) is 5.92 Å². The lowest BCUT2D eigenvalue weighted by Crippen LogP contribution is -2.28. The number of anilines is 1. The number of thiazole rings is 1. The van der Waals surface area contributed by atoms with Gasteiger partial charge in [-0.1, -0.05) is 36.5 Å². The molecule has 3 aromatic rings. The van der Waals surface area contributed by atoms with E-state index >= 15 is 0 Å². The number of rotatable bonds is 7. The Morgan fingerprint density at radius 3 is 2.82 bits per heavy atom. The van der Waals surface area contributed by atoms with E-state index in [4.69, 9.17) is 15.2 Å². The number of carboxylic acid groups (broad SMARTS) is 1. The molecule has 12 heteroatoms. The van der Waals surface area contributed by atoms with Crippen molar-refractivity contribution in [2.24, 2.45) is 0 Å². The summed E-state index contributed by atoms with van der Waals surface area (Å²) in [5, 5.41) is 9.20. The average molecular weight is 491 g/mol. The van der Waals surface area contributed by atoms with Crippen LogP contribution in [-0.4, -0.2) is 49.4 Å². The number of nitrogens with zero attached hydrogens (tertiary/aromatic N) is 3. The predicted molar refractivity (Wildman–Crippen MR) is 124 cm³/mol. The van der Waals surface area contributed by atoms with E-state index in [9.17, 15) is 19.5 Å². The van der Waals surface area contributed by atoms with Gasteiger partial charge in [0.15, 0.2) is 11.9 Å². The van der Waals surface area contributed by atoms with Gasteiger partial charge in [0.1, 0.15) is 5.44 Å². The second kappa shape index (κ2) is 9.49. The highest BCUT2D eigenvalue weighted by molar-refractivity contribution is 8.00. The second-order valence-electron chi connectivity index (χ2n) is 7.41. The van der Waals surface area contributed by atoms with Crippen LogP contribution >= 0.6 is 23.1 Å². The van der Waals surface area contributed by atoms with Crippen LogP contribution in [0, 0.1) is 0 Å². The molecule has 4 rings (SSSR count). The molecule has 0 bridgehead atoms. The molecule has 10 nitrogen and oxygen atoms in total. The van der Waals surface area contributed by atoms with Crippen molar-refractivity contribution in [2.75, 3.05) is 12.8 Å². The maximum absolute atomic E-state index is 12.9. The van der Waals surface area contributed by atoms with Crippen molar-refractivity contribution in [3.8, 4) is 0 Å². The molecular formula is C21H22N4O6S2. The Morgan fingerprint density at radius 2 is 2.12 bits per heavy atom. The first-order valence-corrected chi connectivity index (χ1v) is 11.9. The number of carbonyl (C=O) groups excluding carboxylic acids is 1. The van der Waals surface area contributed by atoms with Gasteiger partial charge in [0.25, 0.3) is 0 Å². The van der Waals surface area contributed by atoms with Gasteiger partial charge in [-0.3, -0.25) is 14.2 Å². The van der Waals surface area contributed by atoms with E-state index in [1.54, 1.807) is 24.3 Å². The Morgan fingerprint density at radius 1 is 1.36 bits per heavy atom. The van der Waals surface area contributed by atoms with Gasteiger partial charge >= 0.3 is 16.8 Å². The highest BCUT2D eigenvalue weighted by Crippen LogP contribution is 2.48. The molecule has 1 saturated heterocycles. The van der Waals surface area contributed by atoms with Gasteiger partial charge in [-0.25, -0.2) is 9.78 Å². The molecule has 0 spiro atoms. The zero-order valence-corrected chi connectivity index (χ0v) is 19.5. The summed E-state index contributed by atoms with van der Waals surface area (Å²) in [5.74, 6) is -1.74. The van der Waals surface area contributed by atoms with Crippen LogP contribution < -0.4 is 10.6 Å². The number of benzene rings is 1. The number of hydrogen-bond acceptors (Lipinski definition) is 10. The lowest BCUT2D eigenvalue weighted by molar-refractivity contribution is -0.141. The first kappa shape index (κ1) is 23.2. The molecule has 33 heavy (non-hydrogen) atoms. The number of hydrogen-bond donors (Lipinski definition) is 2. The fraction of sp³-hybridized carbons (Fsp3) is 0.381. The lowest BCUT2D eigenvalue weighted by atomic mass is 9.92. The van der Waals surface area contributed by atoms with Crippen molar-refractivity contribution in [3.05, 3.63) is 51.3 Å². The van der Waals surface area contributed by atoms with Crippen LogP contribution in [0.25, 0.3) is 10.3 Å². The molecule has 1 aliphatic rings. The molecule has 0 aliphatic carbocycles. The van der Waals surface area contributed by atoms with Crippen LogP contribution in [-0.2, 0) is 14.3 Å². The Balaban J connectivity index is 1.76. The normalized spacial score (nSPS) is 21.2. The van der Waals surface area contributed by atoms with Crippen molar-refractivity contribution >= 4 is 51.3 Å². The summed E-state index contributed by atoms with van der Waals surface area (Å²) in [4.78, 5) is 44.7. The molecule has 2 aromatic heterocycles. The number of thioether (sulfide) groups is 1. The summed E-state index contributed by atoms with van der Waals surface area (Å²) in [6.07, 6.45) is 1.26. The fourth-order valence-corrected chi connectivity index (χ4v) is 6.38. The molecule has 0 amide bonds. The molecule has 1 aromatic carbocycles. The minimum absolute atomic E-state index is 0.00366. The maximum Gasteiger partial charge on any atom is 0.335 e. The van der Waals surface area contributed by atoms with Crippen molar-refractivity contribution < 1.29 is 24.2 Å². The number of nitrogen functional groups attached to an aromatic ring is 1. The first-order chi connectivity index (χ1) is 15.8. The van der Waals surface area contributed by atoms with Gasteiger partial charge in [0.05, 0.1) is 35.2 Å². The number of aromatic nitrogens is 3. The lowest BCUT2D eigenvalue weighted by Gasteiger charge is -2.23. The molecule has 1 aliphatic heterocycles. The van der Waals surface area contributed by atoms with Gasteiger partial charge in [0.2, 0.25) is 5.95 Å². The van der Waals surface area contributed by atoms with E-state index < -0.39 is 28.9 Å². The summed E-state index contributed by atoms with van der Waals surface area (Å²) < 4.78 is 13.2. The van der Waals surface area contributed by atoms with Crippen molar-refractivity contribution in [2.45, 2.75) is 42.6 Å². The SMILES string of the molecule is CCC(c1ccccc1C(=O)O)[C@H]1O[C@@H](n2c(=O)sc3cnc(N)nc32)[C@H](CC(=O)OC)S1. The van der Waals surface area contributed by atoms with E-state index in [1.807, 2.05) is 6.92 Å². The zero-order valence-electron chi connectivity index (χ0n) is 17.8. The summed E-state index contributed by atoms with van der Waals surface area (Å²) in [7, 11) is 1.30. The Kier molecular flexibility index (Phi) is 6.68. The number of ether oxygens (including phenoxy) is 2. The Bertz CT molecular complexity index is 1260. The van der Waals surface area contributed by atoms with E-state index in [0.29, 0.717) is 22.3 Å². The number of fused-ring (bicyclic) bond motifs is 1. The molecule has 3 N–H and O–H groups in total. The van der Waals surface area contributed by atoms with E-state index in [-0.39, 0.29) is 28.7 Å². The summed E-state index contributed by atoms with van der Waals surface area (Å²) in [6, 6.07) is 6.78. The van der Waals surface area contributed by atoms with Crippen molar-refractivity contribution in [3.63, 3.8) is 0 Å². The molecule has 1 fully saturated rings. The predicted octanol–water partition coefficient (Wildman–Crippen LogP) is 2.85.